The van der Waals surface area contributed by atoms with Crippen LogP contribution in [0.3, 0.4) is 0 Å². The fraction of sp³-hybridized carbons (Fsp3) is 0. The number of anilines is 1. The van der Waals surface area contributed by atoms with Crippen LogP contribution >= 0.6 is 0 Å². The second kappa shape index (κ2) is 8.18. The summed E-state index contributed by atoms with van der Waals surface area (Å²) in [6.07, 6.45) is 1.38. The largest absolute Gasteiger partial charge is 1.00 e. The van der Waals surface area contributed by atoms with Crippen molar-refractivity contribution in [1.82, 2.24) is 0 Å². The molecule has 10 heteroatoms. The van der Waals surface area contributed by atoms with Gasteiger partial charge in [0, 0.05) is 17.7 Å². The molecule has 0 unspecified atom stereocenters. The van der Waals surface area contributed by atoms with E-state index >= 15 is 0 Å². The molecule has 0 radical (unpaired) electrons. The van der Waals surface area contributed by atoms with E-state index in [0.29, 0.717) is 11.3 Å². The number of benzene rings is 2. The summed E-state index contributed by atoms with van der Waals surface area (Å²) in [7, 11) is -4.48. The molecule has 2 aromatic rings. The van der Waals surface area contributed by atoms with Gasteiger partial charge in [0.25, 0.3) is 5.69 Å². The fourth-order valence-corrected chi connectivity index (χ4v) is 2.07. The molecule has 114 valence electrons. The molecule has 2 aromatic carbocycles. The van der Waals surface area contributed by atoms with Gasteiger partial charge in [-0.3, -0.25) is 15.5 Å². The smallest absolute Gasteiger partial charge is 0.744 e. The Balaban J connectivity index is 0.00000264. The Morgan fingerprint density at radius 3 is 2.35 bits per heavy atom. The molecular weight excluding hydrogens is 333 g/mol. The number of hydrazone groups is 1. The van der Waals surface area contributed by atoms with Crippen LogP contribution in [0, 0.1) is 10.1 Å². The summed E-state index contributed by atoms with van der Waals surface area (Å²) in [5, 5.41) is 14.5. The van der Waals surface area contributed by atoms with E-state index in [1.807, 2.05) is 0 Å². The van der Waals surface area contributed by atoms with E-state index in [2.05, 4.69) is 10.5 Å². The predicted octanol–water partition coefficient (Wildman–Crippen LogP) is -1.05. The first-order chi connectivity index (χ1) is 10.4. The number of rotatable bonds is 5. The minimum Gasteiger partial charge on any atom is -0.744 e. The van der Waals surface area contributed by atoms with Crippen LogP contribution in [-0.2, 0) is 10.1 Å². The maximum Gasteiger partial charge on any atom is 1.00 e. The minimum absolute atomic E-state index is 0. The molecule has 0 fully saturated rings. The van der Waals surface area contributed by atoms with Crippen LogP contribution in [0.25, 0.3) is 0 Å². The predicted molar refractivity (Wildman–Crippen MR) is 78.7 cm³/mol. The third kappa shape index (κ3) is 5.73. The standard InChI is InChI=1S/C13H11N3O5S.Na/c17-16(18)12-3-1-2-10(8-12)9-14-15-11-4-6-13(7-5-11)22(19,20)21;/h1-9,15H,(H,19,20,21);/q;+1/p-1/b14-9+;. The van der Waals surface area contributed by atoms with Crippen LogP contribution in [0.1, 0.15) is 5.56 Å². The number of hydrogen-bond donors (Lipinski definition) is 1. The molecule has 0 saturated carbocycles. The van der Waals surface area contributed by atoms with Crippen molar-refractivity contribution in [2.75, 3.05) is 5.43 Å². The Kier molecular flexibility index (Phi) is 6.85. The first-order valence-electron chi connectivity index (χ1n) is 5.96. The molecule has 0 saturated heterocycles. The van der Waals surface area contributed by atoms with Gasteiger partial charge in [0.1, 0.15) is 10.1 Å². The SMILES string of the molecule is O=[N+]([O-])c1cccc(/C=N/Nc2ccc(S(=O)(=O)[O-])cc2)c1.[Na+]. The van der Waals surface area contributed by atoms with E-state index in [4.69, 9.17) is 0 Å². The number of nitro benzene ring substituents is 1. The van der Waals surface area contributed by atoms with Crippen molar-refractivity contribution in [3.63, 3.8) is 0 Å². The molecule has 2 rings (SSSR count). The van der Waals surface area contributed by atoms with Gasteiger partial charge in [0.05, 0.1) is 21.7 Å². The van der Waals surface area contributed by atoms with Gasteiger partial charge >= 0.3 is 29.6 Å². The van der Waals surface area contributed by atoms with Crippen molar-refractivity contribution in [3.05, 3.63) is 64.2 Å². The number of non-ortho nitro benzene ring substituents is 1. The molecule has 1 N–H and O–H groups in total. The third-order valence-electron chi connectivity index (χ3n) is 2.63. The summed E-state index contributed by atoms with van der Waals surface area (Å²) in [4.78, 5) is 9.79. The molecule has 0 aliphatic heterocycles. The number of hydrogen-bond acceptors (Lipinski definition) is 7. The van der Waals surface area contributed by atoms with Crippen LogP contribution in [0.4, 0.5) is 11.4 Å². The second-order valence-corrected chi connectivity index (χ2v) is 5.58. The summed E-state index contributed by atoms with van der Waals surface area (Å²) < 4.78 is 32.3. The van der Waals surface area contributed by atoms with Crippen LogP contribution in [0.2, 0.25) is 0 Å². The molecule has 0 aliphatic carbocycles. The van der Waals surface area contributed by atoms with E-state index in [1.54, 1.807) is 6.07 Å². The molecule has 23 heavy (non-hydrogen) atoms. The average molecular weight is 343 g/mol. The zero-order valence-electron chi connectivity index (χ0n) is 12.0. The Morgan fingerprint density at radius 2 is 1.78 bits per heavy atom. The van der Waals surface area contributed by atoms with Crippen LogP contribution in [-0.4, -0.2) is 24.1 Å². The maximum absolute atomic E-state index is 10.8. The van der Waals surface area contributed by atoms with Crippen molar-refractivity contribution in [2.45, 2.75) is 4.90 Å². The summed E-state index contributed by atoms with van der Waals surface area (Å²) in [6, 6.07) is 11.0. The summed E-state index contributed by atoms with van der Waals surface area (Å²) in [5.74, 6) is 0. The second-order valence-electron chi connectivity index (χ2n) is 4.20. The average Bonchev–Trinajstić information content (AvgIpc) is 2.47. The van der Waals surface area contributed by atoms with Crippen molar-refractivity contribution in [3.8, 4) is 0 Å². The van der Waals surface area contributed by atoms with Gasteiger partial charge in [-0.15, -0.1) is 0 Å². The monoisotopic (exact) mass is 343 g/mol. The zero-order valence-corrected chi connectivity index (χ0v) is 14.9. The first-order valence-corrected chi connectivity index (χ1v) is 7.36. The molecular formula is C13H10N3NaO5S. The summed E-state index contributed by atoms with van der Waals surface area (Å²) >= 11 is 0. The zero-order chi connectivity index (χ0) is 16.2. The van der Waals surface area contributed by atoms with Crippen molar-refractivity contribution < 1.29 is 47.5 Å². The molecule has 0 aromatic heterocycles. The fourth-order valence-electron chi connectivity index (χ4n) is 1.60. The molecule has 0 heterocycles. The summed E-state index contributed by atoms with van der Waals surface area (Å²) in [5.41, 5.74) is 3.57. The number of nitro groups is 1. The van der Waals surface area contributed by atoms with Gasteiger partial charge in [0.15, 0.2) is 0 Å². The Hall–Kier alpha value is -1.78. The van der Waals surface area contributed by atoms with E-state index < -0.39 is 15.0 Å². The Labute approximate surface area is 154 Å². The van der Waals surface area contributed by atoms with Crippen LogP contribution in [0.15, 0.2) is 58.5 Å². The third-order valence-corrected chi connectivity index (χ3v) is 3.48. The maximum atomic E-state index is 10.8. The molecule has 0 spiro atoms. The van der Waals surface area contributed by atoms with E-state index in [0.717, 1.165) is 12.1 Å². The summed E-state index contributed by atoms with van der Waals surface area (Å²) in [6.45, 7) is 0. The van der Waals surface area contributed by atoms with Crippen LogP contribution in [0.5, 0.6) is 0 Å². The molecule has 0 atom stereocenters. The van der Waals surface area contributed by atoms with Crippen molar-refractivity contribution >= 4 is 27.7 Å². The van der Waals surface area contributed by atoms with Gasteiger partial charge in [0.2, 0.25) is 0 Å². The van der Waals surface area contributed by atoms with Gasteiger partial charge < -0.3 is 4.55 Å². The molecule has 0 bridgehead atoms. The number of nitrogens with zero attached hydrogens (tertiary/aromatic N) is 2. The molecule has 0 amide bonds. The number of nitrogens with one attached hydrogen (secondary N) is 1. The van der Waals surface area contributed by atoms with Gasteiger partial charge in [-0.2, -0.15) is 5.10 Å². The van der Waals surface area contributed by atoms with Crippen molar-refractivity contribution in [2.24, 2.45) is 5.10 Å². The van der Waals surface area contributed by atoms with Gasteiger partial charge in [-0.05, 0) is 24.3 Å². The van der Waals surface area contributed by atoms with Crippen molar-refractivity contribution in [1.29, 1.82) is 0 Å². The van der Waals surface area contributed by atoms with E-state index in [1.165, 1.54) is 36.5 Å². The normalized spacial score (nSPS) is 11.0. The quantitative estimate of drug-likeness (QED) is 0.243. The Bertz CT molecular complexity index is 822. The molecule has 8 nitrogen and oxygen atoms in total. The van der Waals surface area contributed by atoms with E-state index in [-0.39, 0.29) is 40.1 Å². The van der Waals surface area contributed by atoms with Gasteiger partial charge in [-0.25, -0.2) is 8.42 Å². The van der Waals surface area contributed by atoms with Crippen LogP contribution < -0.4 is 35.0 Å². The Morgan fingerprint density at radius 1 is 1.13 bits per heavy atom. The topological polar surface area (TPSA) is 125 Å². The first kappa shape index (κ1) is 19.3. The molecule has 0 aliphatic rings. The van der Waals surface area contributed by atoms with Gasteiger partial charge in [-0.1, -0.05) is 12.1 Å². The van der Waals surface area contributed by atoms with E-state index in [9.17, 15) is 23.1 Å². The minimum atomic E-state index is -4.48.